The summed E-state index contributed by atoms with van der Waals surface area (Å²) in [5, 5.41) is 24.5. The minimum Gasteiger partial charge on any atom is -0.480 e. The number of aliphatic carboxylic acids is 1. The van der Waals surface area contributed by atoms with Gasteiger partial charge in [0.2, 0.25) is 6.41 Å². The molecule has 1 atom stereocenters. The van der Waals surface area contributed by atoms with E-state index in [0.717, 1.165) is 0 Å². The van der Waals surface area contributed by atoms with E-state index >= 15 is 0 Å². The Morgan fingerprint density at radius 2 is 1.30 bits per heavy atom. The van der Waals surface area contributed by atoms with Crippen molar-refractivity contribution in [3.05, 3.63) is 107 Å². The second kappa shape index (κ2) is 12.4. The Balaban J connectivity index is 1.59. The summed E-state index contributed by atoms with van der Waals surface area (Å²) in [6.07, 6.45) is -10.6. The summed E-state index contributed by atoms with van der Waals surface area (Å²) in [7, 11) is 0. The number of likely N-dealkylation sites (tertiary alicyclic amines) is 1. The van der Waals surface area contributed by atoms with E-state index in [1.54, 1.807) is 65.6 Å². The zero-order chi connectivity index (χ0) is 31.5. The molecule has 0 bridgehead atoms. The fourth-order valence-corrected chi connectivity index (χ4v) is 5.78. The number of amides is 1. The number of carboxylic acid groups (broad SMARTS) is 1. The van der Waals surface area contributed by atoms with Crippen molar-refractivity contribution >= 4 is 12.4 Å². The van der Waals surface area contributed by atoms with Crippen LogP contribution in [0.4, 0.5) is 26.3 Å². The Morgan fingerprint density at radius 1 is 0.837 bits per heavy atom. The van der Waals surface area contributed by atoms with Crippen LogP contribution in [0.25, 0.3) is 0 Å². The lowest BCUT2D eigenvalue weighted by Crippen LogP contribution is -2.52. The lowest BCUT2D eigenvalue weighted by molar-refractivity contribution is -0.144. The molecular weight excluding hydrogens is 578 g/mol. The number of alkyl halides is 6. The number of aliphatic hydroxyl groups is 1. The van der Waals surface area contributed by atoms with Gasteiger partial charge in [0.15, 0.2) is 0 Å². The van der Waals surface area contributed by atoms with Crippen LogP contribution in [0.3, 0.4) is 0 Å². The molecule has 0 aromatic heterocycles. The number of benzene rings is 3. The number of rotatable bonds is 10. The predicted molar refractivity (Wildman–Crippen MR) is 145 cm³/mol. The van der Waals surface area contributed by atoms with Gasteiger partial charge < -0.3 is 15.5 Å². The summed E-state index contributed by atoms with van der Waals surface area (Å²) in [6.45, 7) is 0.0205. The van der Waals surface area contributed by atoms with Crippen molar-refractivity contribution in [1.29, 1.82) is 0 Å². The molecule has 12 heteroatoms. The first-order valence-electron chi connectivity index (χ1n) is 13.5. The summed E-state index contributed by atoms with van der Waals surface area (Å²) >= 11 is 0. The summed E-state index contributed by atoms with van der Waals surface area (Å²) in [4.78, 5) is 26.2. The molecule has 1 aliphatic rings. The Hall–Kier alpha value is -3.90. The predicted octanol–water partition coefficient (Wildman–Crippen LogP) is 5.93. The highest BCUT2D eigenvalue weighted by molar-refractivity contribution is 5.86. The van der Waals surface area contributed by atoms with Crippen LogP contribution < -0.4 is 5.32 Å². The average molecular weight is 609 g/mol. The maximum Gasteiger partial charge on any atom is 0.416 e. The molecule has 3 aromatic rings. The van der Waals surface area contributed by atoms with E-state index in [1.807, 2.05) is 0 Å². The molecule has 3 aromatic carbocycles. The molecular formula is C31H30F6N2O4. The van der Waals surface area contributed by atoms with E-state index < -0.39 is 52.2 Å². The third kappa shape index (κ3) is 6.86. The summed E-state index contributed by atoms with van der Waals surface area (Å²) < 4.78 is 80.5. The Labute approximate surface area is 243 Å². The lowest BCUT2D eigenvalue weighted by atomic mass is 9.71. The highest BCUT2D eigenvalue weighted by atomic mass is 19.4. The molecule has 4 rings (SSSR count). The first kappa shape index (κ1) is 32.0. The maximum absolute atomic E-state index is 13.4. The summed E-state index contributed by atoms with van der Waals surface area (Å²) in [6, 6.07) is 18.3. The smallest absolute Gasteiger partial charge is 0.416 e. The van der Waals surface area contributed by atoms with Crippen LogP contribution in [-0.4, -0.2) is 46.7 Å². The van der Waals surface area contributed by atoms with Gasteiger partial charge in [0.05, 0.1) is 22.9 Å². The normalized spacial score (nSPS) is 16.8. The van der Waals surface area contributed by atoms with Gasteiger partial charge in [-0.15, -0.1) is 0 Å². The van der Waals surface area contributed by atoms with E-state index in [2.05, 4.69) is 5.32 Å². The van der Waals surface area contributed by atoms with Crippen LogP contribution in [0.1, 0.15) is 53.5 Å². The zero-order valence-corrected chi connectivity index (χ0v) is 22.8. The monoisotopic (exact) mass is 608 g/mol. The number of hydrogen-bond donors (Lipinski definition) is 3. The number of carbonyl (C=O) groups is 2. The molecule has 0 saturated carbocycles. The van der Waals surface area contributed by atoms with E-state index in [-0.39, 0.29) is 44.8 Å². The Morgan fingerprint density at radius 3 is 1.70 bits per heavy atom. The summed E-state index contributed by atoms with van der Waals surface area (Å²) in [5.41, 5.74) is -5.93. The van der Waals surface area contributed by atoms with Crippen molar-refractivity contribution in [1.82, 2.24) is 10.2 Å². The number of piperidine rings is 1. The molecule has 230 valence electrons. The van der Waals surface area contributed by atoms with Gasteiger partial charge >= 0.3 is 18.3 Å². The highest BCUT2D eigenvalue weighted by Gasteiger charge is 2.45. The standard InChI is InChI=1S/C31H30F6N2O4/c32-30(33,34)24-17-23(18-25(19-24)31(35,36)37)28(43)13-15-39(16-14-28)26(38-20-40)11-12-29(27(41)42,21-7-3-1-4-8-21)22-9-5-2-6-10-22/h1-10,17-20,26,43H,11-16H2,(H,38,40)(H,41,42). The van der Waals surface area contributed by atoms with Crippen LogP contribution in [0, 0.1) is 0 Å². The van der Waals surface area contributed by atoms with Crippen molar-refractivity contribution < 1.29 is 46.1 Å². The molecule has 3 N–H and O–H groups in total. The summed E-state index contributed by atoms with van der Waals surface area (Å²) in [5.74, 6) is -1.10. The third-order valence-corrected chi connectivity index (χ3v) is 8.14. The van der Waals surface area contributed by atoms with E-state index in [0.29, 0.717) is 29.7 Å². The molecule has 1 amide bonds. The second-order valence-corrected chi connectivity index (χ2v) is 10.6. The van der Waals surface area contributed by atoms with Crippen LogP contribution in [0.2, 0.25) is 0 Å². The van der Waals surface area contributed by atoms with Gasteiger partial charge in [-0.05, 0) is 60.6 Å². The fraction of sp³-hybridized carbons (Fsp3) is 0.355. The first-order chi connectivity index (χ1) is 20.2. The quantitative estimate of drug-likeness (QED) is 0.196. The second-order valence-electron chi connectivity index (χ2n) is 10.6. The molecule has 6 nitrogen and oxygen atoms in total. The van der Waals surface area contributed by atoms with E-state index in [1.165, 1.54) is 0 Å². The van der Waals surface area contributed by atoms with Crippen LogP contribution >= 0.6 is 0 Å². The van der Waals surface area contributed by atoms with Crippen LogP contribution in [-0.2, 0) is 33.0 Å². The first-order valence-corrected chi connectivity index (χ1v) is 13.5. The molecule has 0 radical (unpaired) electrons. The topological polar surface area (TPSA) is 89.9 Å². The van der Waals surface area contributed by atoms with Gasteiger partial charge in [-0.2, -0.15) is 26.3 Å². The van der Waals surface area contributed by atoms with Gasteiger partial charge in [0.1, 0.15) is 5.41 Å². The Kier molecular flexibility index (Phi) is 9.22. The SMILES string of the molecule is O=CNC(CCC(C(=O)O)(c1ccccc1)c1ccccc1)N1CCC(O)(c2cc(C(F)(F)F)cc(C(F)(F)F)c2)CC1. The van der Waals surface area contributed by atoms with Gasteiger partial charge in [-0.3, -0.25) is 14.5 Å². The van der Waals surface area contributed by atoms with Crippen molar-refractivity contribution in [3.63, 3.8) is 0 Å². The van der Waals surface area contributed by atoms with Crippen LogP contribution in [0.5, 0.6) is 0 Å². The molecule has 1 heterocycles. The molecule has 0 aliphatic carbocycles. The molecule has 0 spiro atoms. The molecule has 43 heavy (non-hydrogen) atoms. The highest BCUT2D eigenvalue weighted by Crippen LogP contribution is 2.42. The van der Waals surface area contributed by atoms with Crippen molar-refractivity contribution in [2.24, 2.45) is 0 Å². The maximum atomic E-state index is 13.4. The van der Waals surface area contributed by atoms with Gasteiger partial charge in [0.25, 0.3) is 0 Å². The van der Waals surface area contributed by atoms with E-state index in [4.69, 9.17) is 0 Å². The fourth-order valence-electron chi connectivity index (χ4n) is 5.78. The molecule has 1 aliphatic heterocycles. The number of nitrogens with one attached hydrogen (secondary N) is 1. The number of nitrogens with zero attached hydrogens (tertiary/aromatic N) is 1. The number of halogens is 6. The third-order valence-electron chi connectivity index (χ3n) is 8.14. The Bertz CT molecular complexity index is 1330. The number of carbonyl (C=O) groups excluding carboxylic acids is 1. The van der Waals surface area contributed by atoms with Crippen molar-refractivity contribution in [3.8, 4) is 0 Å². The number of hydrogen-bond acceptors (Lipinski definition) is 4. The largest absolute Gasteiger partial charge is 0.480 e. The van der Waals surface area contributed by atoms with Gasteiger partial charge in [0, 0.05) is 13.1 Å². The number of carboxylic acids is 1. The van der Waals surface area contributed by atoms with E-state index in [9.17, 15) is 46.1 Å². The minimum atomic E-state index is -5.06. The van der Waals surface area contributed by atoms with Crippen molar-refractivity contribution in [2.75, 3.05) is 13.1 Å². The minimum absolute atomic E-state index is 0.0103. The van der Waals surface area contributed by atoms with Crippen molar-refractivity contribution in [2.45, 2.75) is 55.2 Å². The molecule has 1 unspecified atom stereocenters. The van der Waals surface area contributed by atoms with Crippen LogP contribution in [0.15, 0.2) is 78.9 Å². The molecule has 1 fully saturated rings. The lowest BCUT2D eigenvalue weighted by Gasteiger charge is -2.43. The molecule has 1 saturated heterocycles. The zero-order valence-electron chi connectivity index (χ0n) is 22.8. The van der Waals surface area contributed by atoms with Gasteiger partial charge in [-0.1, -0.05) is 60.7 Å². The average Bonchev–Trinajstić information content (AvgIpc) is 2.97. The van der Waals surface area contributed by atoms with Gasteiger partial charge in [-0.25, -0.2) is 0 Å².